The van der Waals surface area contributed by atoms with Crippen LogP contribution in [0.15, 0.2) is 146 Å². The fourth-order valence-electron chi connectivity index (χ4n) is 10.1. The van der Waals surface area contributed by atoms with Crippen molar-refractivity contribution in [1.29, 1.82) is 0 Å². The Hall–Kier alpha value is -5.57. The van der Waals surface area contributed by atoms with E-state index in [0.29, 0.717) is 17.3 Å². The molecule has 0 amide bonds. The third kappa shape index (κ3) is 8.85. The summed E-state index contributed by atoms with van der Waals surface area (Å²) in [7, 11) is 0. The van der Waals surface area contributed by atoms with Crippen LogP contribution in [-0.4, -0.2) is 19.6 Å². The van der Waals surface area contributed by atoms with Gasteiger partial charge < -0.3 is 5.11 Å². The van der Waals surface area contributed by atoms with Crippen molar-refractivity contribution in [3.05, 3.63) is 168 Å². The molecule has 2 heterocycles. The Morgan fingerprint density at radius 2 is 1.35 bits per heavy atom. The number of phenols is 1. The average molecular weight is 1010 g/mol. The number of pyridine rings is 1. The van der Waals surface area contributed by atoms with Gasteiger partial charge in [-0.25, -0.2) is 4.98 Å². The molecule has 0 aliphatic heterocycles. The second-order valence-electron chi connectivity index (χ2n) is 18.9. The molecule has 10 rings (SSSR count). The maximum atomic E-state index is 11.4. The van der Waals surface area contributed by atoms with Crippen molar-refractivity contribution in [1.82, 2.24) is 14.5 Å². The number of hydrogen-bond acceptors (Lipinski definition) is 3. The molecule has 2 fully saturated rings. The second kappa shape index (κ2) is 18.3. The number of aromatic nitrogens is 3. The van der Waals surface area contributed by atoms with E-state index in [1.54, 1.807) is 6.07 Å². The van der Waals surface area contributed by atoms with Gasteiger partial charge in [0.15, 0.2) is 0 Å². The summed E-state index contributed by atoms with van der Waals surface area (Å²) in [6.07, 6.45) is 14.9. The minimum atomic E-state index is -0.135. The van der Waals surface area contributed by atoms with Crippen molar-refractivity contribution >= 4 is 11.0 Å². The van der Waals surface area contributed by atoms with Gasteiger partial charge in [0.1, 0.15) is 11.6 Å². The summed E-state index contributed by atoms with van der Waals surface area (Å²) >= 11 is 0. The molecule has 2 saturated carbocycles. The summed E-state index contributed by atoms with van der Waals surface area (Å²) in [5.41, 5.74) is 15.9. The first kappa shape index (κ1) is 42.7. The van der Waals surface area contributed by atoms with Gasteiger partial charge in [-0.3, -0.25) is 9.55 Å². The van der Waals surface area contributed by atoms with Crippen LogP contribution in [0.1, 0.15) is 101 Å². The first-order chi connectivity index (χ1) is 30.3. The molecular weight excluding hydrogens is 950 g/mol. The number of aromatic hydroxyl groups is 1. The SMILES string of the molecule is CC(C)(C)c1cc(-c2cc(-c3ccc(C4CCCCC4)cc3)ccn2)[c-]c(-c2cccc3c2nc(-c2ccccc2O)n3-c2ccc(CC3CCCC3)cc2-c2ccccc2)c1.[Pt]. The van der Waals surface area contributed by atoms with Crippen LogP contribution in [0.2, 0.25) is 0 Å². The fourth-order valence-corrected chi connectivity index (χ4v) is 10.1. The monoisotopic (exact) mass is 1010 g/mol. The van der Waals surface area contributed by atoms with Gasteiger partial charge >= 0.3 is 0 Å². The Labute approximate surface area is 387 Å². The van der Waals surface area contributed by atoms with Crippen molar-refractivity contribution in [3.63, 3.8) is 0 Å². The van der Waals surface area contributed by atoms with Gasteiger partial charge in [-0.2, -0.15) is 0 Å². The predicted octanol–water partition coefficient (Wildman–Crippen LogP) is 15.3. The molecule has 8 aromatic rings. The van der Waals surface area contributed by atoms with Crippen LogP contribution in [0, 0.1) is 12.0 Å². The van der Waals surface area contributed by atoms with Crippen molar-refractivity contribution < 1.29 is 26.2 Å². The molecule has 5 heteroatoms. The quantitative estimate of drug-likeness (QED) is 0.147. The number of phenolic OH excluding ortho intramolecular Hbond substituents is 1. The van der Waals surface area contributed by atoms with Crippen LogP contribution >= 0.6 is 0 Å². The van der Waals surface area contributed by atoms with Gasteiger partial charge in [-0.1, -0.05) is 168 Å². The molecule has 2 aromatic heterocycles. The fraction of sp³-hybridized carbons (Fsp3) is 0.276. The summed E-state index contributed by atoms with van der Waals surface area (Å²) in [4.78, 5) is 10.4. The van der Waals surface area contributed by atoms with E-state index in [4.69, 9.17) is 9.97 Å². The molecule has 0 saturated heterocycles. The number of benzene rings is 6. The van der Waals surface area contributed by atoms with Gasteiger partial charge in [0.05, 0.1) is 22.3 Å². The first-order valence-corrected chi connectivity index (χ1v) is 22.9. The Kier molecular flexibility index (Phi) is 12.4. The van der Waals surface area contributed by atoms with Gasteiger partial charge in [0, 0.05) is 38.5 Å². The van der Waals surface area contributed by atoms with Crippen LogP contribution in [0.3, 0.4) is 0 Å². The van der Waals surface area contributed by atoms with E-state index in [1.165, 1.54) is 80.0 Å². The molecular formula is C58H56N3OPt-. The van der Waals surface area contributed by atoms with E-state index in [-0.39, 0.29) is 32.2 Å². The first-order valence-electron chi connectivity index (χ1n) is 22.9. The minimum Gasteiger partial charge on any atom is -0.507 e. The Morgan fingerprint density at radius 1 is 0.635 bits per heavy atom. The van der Waals surface area contributed by atoms with Crippen LogP contribution in [0.4, 0.5) is 0 Å². The zero-order chi connectivity index (χ0) is 42.2. The average Bonchev–Trinajstić information content (AvgIpc) is 3.97. The van der Waals surface area contributed by atoms with Crippen LogP contribution in [-0.2, 0) is 32.9 Å². The number of nitrogens with zero attached hydrogens (tertiary/aromatic N) is 3. The summed E-state index contributed by atoms with van der Waals surface area (Å²) in [6.45, 7) is 6.79. The normalized spacial score (nSPS) is 14.8. The third-order valence-electron chi connectivity index (χ3n) is 13.6. The topological polar surface area (TPSA) is 50.9 Å². The predicted molar refractivity (Wildman–Crippen MR) is 257 cm³/mol. The van der Waals surface area contributed by atoms with Crippen molar-refractivity contribution in [2.24, 2.45) is 5.92 Å². The molecule has 2 aliphatic carbocycles. The summed E-state index contributed by atoms with van der Waals surface area (Å²) in [6, 6.07) is 53.7. The molecule has 0 atom stereocenters. The van der Waals surface area contributed by atoms with E-state index < -0.39 is 0 Å². The van der Waals surface area contributed by atoms with Gasteiger partial charge in [0.25, 0.3) is 0 Å². The molecule has 320 valence electrons. The third-order valence-corrected chi connectivity index (χ3v) is 13.6. The van der Waals surface area contributed by atoms with Crippen molar-refractivity contribution in [2.45, 2.75) is 96.3 Å². The zero-order valence-corrected chi connectivity index (χ0v) is 39.0. The van der Waals surface area contributed by atoms with Crippen molar-refractivity contribution in [2.75, 3.05) is 0 Å². The minimum absolute atomic E-state index is 0. The Bertz CT molecular complexity index is 2860. The van der Waals surface area contributed by atoms with Gasteiger partial charge in [-0.15, -0.1) is 29.3 Å². The van der Waals surface area contributed by atoms with Crippen molar-refractivity contribution in [3.8, 4) is 67.5 Å². The maximum absolute atomic E-state index is 11.4. The number of rotatable bonds is 9. The Morgan fingerprint density at radius 3 is 2.11 bits per heavy atom. The van der Waals surface area contributed by atoms with E-state index in [2.05, 4.69) is 147 Å². The van der Waals surface area contributed by atoms with E-state index in [1.807, 2.05) is 24.4 Å². The molecule has 0 radical (unpaired) electrons. The van der Waals surface area contributed by atoms with Gasteiger partial charge in [-0.05, 0) is 101 Å². The summed E-state index contributed by atoms with van der Waals surface area (Å²) < 4.78 is 2.26. The molecule has 0 spiro atoms. The molecule has 63 heavy (non-hydrogen) atoms. The van der Waals surface area contributed by atoms with E-state index in [0.717, 1.165) is 68.1 Å². The Balaban J connectivity index is 0.00000504. The zero-order valence-electron chi connectivity index (χ0n) is 36.7. The number of fused-ring (bicyclic) bond motifs is 1. The number of para-hydroxylation sites is 2. The molecule has 6 aromatic carbocycles. The number of imidazole rings is 1. The molecule has 4 nitrogen and oxygen atoms in total. The second-order valence-corrected chi connectivity index (χ2v) is 18.9. The molecule has 0 unspecified atom stereocenters. The largest absolute Gasteiger partial charge is 0.507 e. The van der Waals surface area contributed by atoms with Crippen LogP contribution in [0.25, 0.3) is 72.7 Å². The van der Waals surface area contributed by atoms with E-state index in [9.17, 15) is 5.11 Å². The maximum Gasteiger partial charge on any atom is 0.148 e. The molecule has 2 aliphatic rings. The van der Waals surface area contributed by atoms with E-state index >= 15 is 0 Å². The summed E-state index contributed by atoms with van der Waals surface area (Å²) in [5, 5.41) is 11.4. The summed E-state index contributed by atoms with van der Waals surface area (Å²) in [5.74, 6) is 2.31. The standard InChI is InChI=1S/C58H56N3O.Pt/c1-58(2,3)48-36-46(35-47(37-48)52-38-45(31-32-59-52)43-28-26-42(27-29-43)41-17-6-4-7-18-41)49-22-14-23-54-56(49)60-57(50-21-12-13-24-55(50)62)61(54)53-30-25-40(33-39-15-10-11-16-39)34-51(53)44-19-8-5-9-20-44;/h5,8-9,12-14,19-32,34,36-39,41,62H,4,6-7,10-11,15-18,33H2,1-3H3;/q-1;. The smallest absolute Gasteiger partial charge is 0.148 e. The van der Waals surface area contributed by atoms with Crippen LogP contribution in [0.5, 0.6) is 5.75 Å². The number of hydrogen-bond donors (Lipinski definition) is 1. The van der Waals surface area contributed by atoms with Gasteiger partial charge in [0.2, 0.25) is 0 Å². The molecule has 1 N–H and O–H groups in total. The molecule has 0 bridgehead atoms. The van der Waals surface area contributed by atoms with Crippen LogP contribution < -0.4 is 0 Å².